The molecule has 2 nitrogen and oxygen atoms in total. The molecule has 0 amide bonds. The van der Waals surface area contributed by atoms with Crippen molar-refractivity contribution in [2.75, 3.05) is 0 Å². The van der Waals surface area contributed by atoms with Gasteiger partial charge in [0.25, 0.3) is 0 Å². The summed E-state index contributed by atoms with van der Waals surface area (Å²) < 4.78 is 0. The van der Waals surface area contributed by atoms with Crippen molar-refractivity contribution in [3.8, 4) is 0 Å². The van der Waals surface area contributed by atoms with Gasteiger partial charge in [0, 0.05) is 11.8 Å². The molecule has 0 saturated carbocycles. The predicted molar refractivity (Wildman–Crippen MR) is 67.6 cm³/mol. The minimum atomic E-state index is 0.677. The van der Waals surface area contributed by atoms with Gasteiger partial charge in [0.15, 0.2) is 5.82 Å². The van der Waals surface area contributed by atoms with Gasteiger partial charge in [-0.2, -0.15) is 0 Å². The second-order valence-corrected chi connectivity index (χ2v) is 3.72. The molecule has 16 heavy (non-hydrogen) atoms. The molecule has 0 N–H and O–H groups in total. The van der Waals surface area contributed by atoms with Crippen molar-refractivity contribution >= 4 is 11.1 Å². The molecular weight excluding hydrogens is 196 g/mol. The van der Waals surface area contributed by atoms with Crippen LogP contribution in [-0.2, 0) is 0 Å². The second-order valence-electron chi connectivity index (χ2n) is 3.72. The highest BCUT2D eigenvalue weighted by Gasteiger charge is 2.14. The molecule has 1 heterocycles. The minimum absolute atomic E-state index is 0.677. The zero-order valence-electron chi connectivity index (χ0n) is 9.40. The average Bonchev–Trinajstić information content (AvgIpc) is 2.28. The average molecular weight is 210 g/mol. The van der Waals surface area contributed by atoms with Gasteiger partial charge < -0.3 is 0 Å². The first kappa shape index (κ1) is 10.6. The number of rotatable bonds is 3. The third-order valence-electron chi connectivity index (χ3n) is 2.52. The van der Waals surface area contributed by atoms with Crippen LogP contribution in [0.2, 0.25) is 0 Å². The number of nitrogens with zero attached hydrogens (tertiary/aromatic N) is 2. The number of aromatic nitrogens is 2. The number of hydrogen-bond donors (Lipinski definition) is 0. The van der Waals surface area contributed by atoms with Crippen molar-refractivity contribution in [2.45, 2.75) is 13.3 Å². The van der Waals surface area contributed by atoms with Crippen molar-refractivity contribution in [2.24, 2.45) is 0 Å². The van der Waals surface area contributed by atoms with E-state index >= 15 is 0 Å². The van der Waals surface area contributed by atoms with Crippen LogP contribution >= 0.6 is 0 Å². The maximum atomic E-state index is 4.47. The molecule has 0 radical (unpaired) electrons. The van der Waals surface area contributed by atoms with Crippen molar-refractivity contribution in [1.82, 2.24) is 9.97 Å². The van der Waals surface area contributed by atoms with Crippen LogP contribution in [0.5, 0.6) is 0 Å². The summed E-state index contributed by atoms with van der Waals surface area (Å²) in [6, 6.07) is 1.91. The van der Waals surface area contributed by atoms with Gasteiger partial charge in [-0.05, 0) is 30.6 Å². The Labute approximate surface area is 95.8 Å². The molecule has 1 aromatic rings. The molecule has 0 saturated heterocycles. The van der Waals surface area contributed by atoms with Gasteiger partial charge in [-0.15, -0.1) is 0 Å². The van der Waals surface area contributed by atoms with Crippen LogP contribution in [0.25, 0.3) is 11.1 Å². The summed E-state index contributed by atoms with van der Waals surface area (Å²) in [4.78, 5) is 8.68. The molecule has 0 fully saturated rings. The van der Waals surface area contributed by atoms with Gasteiger partial charge in [0.2, 0.25) is 0 Å². The summed E-state index contributed by atoms with van der Waals surface area (Å²) in [5, 5.41) is 0. The van der Waals surface area contributed by atoms with E-state index in [1.807, 2.05) is 25.1 Å². The van der Waals surface area contributed by atoms with Crippen molar-refractivity contribution in [3.63, 3.8) is 0 Å². The molecule has 0 aliphatic heterocycles. The molecule has 2 rings (SSSR count). The lowest BCUT2D eigenvalue weighted by molar-refractivity contribution is 1.08. The first-order valence-corrected chi connectivity index (χ1v) is 5.26. The van der Waals surface area contributed by atoms with E-state index in [1.165, 1.54) is 0 Å². The van der Waals surface area contributed by atoms with E-state index < -0.39 is 0 Å². The van der Waals surface area contributed by atoms with E-state index in [2.05, 4.69) is 29.2 Å². The maximum Gasteiger partial charge on any atom is 0.159 e. The largest absolute Gasteiger partial charge is 0.237 e. The molecule has 0 bridgehead atoms. The van der Waals surface area contributed by atoms with Crippen molar-refractivity contribution in [1.29, 1.82) is 0 Å². The van der Waals surface area contributed by atoms with Gasteiger partial charge in [0.05, 0.1) is 5.69 Å². The SMILES string of the molecule is C=C1CC=C1c1ccnc(C(=C)/C=C\C)n1. The Morgan fingerprint density at radius 1 is 1.50 bits per heavy atom. The Morgan fingerprint density at radius 3 is 2.88 bits per heavy atom. The van der Waals surface area contributed by atoms with Crippen LogP contribution in [0, 0.1) is 0 Å². The molecule has 80 valence electrons. The van der Waals surface area contributed by atoms with Gasteiger partial charge in [-0.3, -0.25) is 0 Å². The first-order valence-electron chi connectivity index (χ1n) is 5.26. The summed E-state index contributed by atoms with van der Waals surface area (Å²) in [6.45, 7) is 9.84. The van der Waals surface area contributed by atoms with Crippen LogP contribution in [0.1, 0.15) is 24.9 Å². The lowest BCUT2D eigenvalue weighted by Crippen LogP contribution is -2.02. The summed E-state index contributed by atoms with van der Waals surface area (Å²) in [5.74, 6) is 0.677. The second kappa shape index (κ2) is 4.27. The standard InChI is InChI=1S/C14H14N2/c1-4-5-11(3)14-15-9-8-13(16-14)12-7-6-10(12)2/h4-5,7-9H,2-3,6H2,1H3/b5-4-. The first-order chi connectivity index (χ1) is 7.72. The predicted octanol–water partition coefficient (Wildman–Crippen LogP) is 3.41. The van der Waals surface area contributed by atoms with Crippen LogP contribution in [0.4, 0.5) is 0 Å². The normalized spacial score (nSPS) is 14.8. The quantitative estimate of drug-likeness (QED) is 0.714. The highest BCUT2D eigenvalue weighted by Crippen LogP contribution is 2.32. The van der Waals surface area contributed by atoms with E-state index in [9.17, 15) is 0 Å². The highest BCUT2D eigenvalue weighted by atomic mass is 14.9. The van der Waals surface area contributed by atoms with Crippen molar-refractivity contribution in [3.05, 3.63) is 60.7 Å². The van der Waals surface area contributed by atoms with E-state index in [1.54, 1.807) is 6.20 Å². The summed E-state index contributed by atoms with van der Waals surface area (Å²) in [6.07, 6.45) is 8.69. The summed E-state index contributed by atoms with van der Waals surface area (Å²) >= 11 is 0. The zero-order chi connectivity index (χ0) is 11.5. The number of allylic oxidation sites excluding steroid dienone is 6. The Hall–Kier alpha value is -1.96. The van der Waals surface area contributed by atoms with E-state index in [4.69, 9.17) is 0 Å². The van der Waals surface area contributed by atoms with Crippen molar-refractivity contribution < 1.29 is 0 Å². The highest BCUT2D eigenvalue weighted by molar-refractivity contribution is 5.83. The zero-order valence-corrected chi connectivity index (χ0v) is 9.40. The monoisotopic (exact) mass is 210 g/mol. The van der Waals surface area contributed by atoms with Gasteiger partial charge in [-0.25, -0.2) is 9.97 Å². The molecule has 0 spiro atoms. The van der Waals surface area contributed by atoms with Gasteiger partial charge >= 0.3 is 0 Å². The molecular formula is C14H14N2. The third kappa shape index (κ3) is 1.87. The summed E-state index contributed by atoms with van der Waals surface area (Å²) in [5.41, 5.74) is 4.04. The lowest BCUT2D eigenvalue weighted by atomic mass is 9.90. The molecule has 0 unspecified atom stereocenters. The van der Waals surface area contributed by atoms with Gasteiger partial charge in [-0.1, -0.05) is 31.4 Å². The molecule has 1 aliphatic carbocycles. The third-order valence-corrected chi connectivity index (χ3v) is 2.52. The van der Waals surface area contributed by atoms with Crippen LogP contribution < -0.4 is 0 Å². The smallest absolute Gasteiger partial charge is 0.159 e. The van der Waals surface area contributed by atoms with Crippen LogP contribution in [0.15, 0.2) is 49.2 Å². The molecule has 1 aliphatic rings. The fraction of sp³-hybridized carbons (Fsp3) is 0.143. The Balaban J connectivity index is 2.33. The fourth-order valence-corrected chi connectivity index (χ4v) is 1.57. The topological polar surface area (TPSA) is 25.8 Å². The fourth-order valence-electron chi connectivity index (χ4n) is 1.57. The van der Waals surface area contributed by atoms with E-state index in [-0.39, 0.29) is 0 Å². The molecule has 0 aromatic carbocycles. The molecule has 1 aromatic heterocycles. The van der Waals surface area contributed by atoms with E-state index in [0.29, 0.717) is 5.82 Å². The Morgan fingerprint density at radius 2 is 2.31 bits per heavy atom. The minimum Gasteiger partial charge on any atom is -0.237 e. The summed E-state index contributed by atoms with van der Waals surface area (Å²) in [7, 11) is 0. The maximum absolute atomic E-state index is 4.47. The van der Waals surface area contributed by atoms with Crippen LogP contribution in [-0.4, -0.2) is 9.97 Å². The van der Waals surface area contributed by atoms with Gasteiger partial charge in [0.1, 0.15) is 0 Å². The Kier molecular flexibility index (Phi) is 2.82. The molecule has 0 atom stereocenters. The molecule has 2 heteroatoms. The lowest BCUT2D eigenvalue weighted by Gasteiger charge is -2.17. The van der Waals surface area contributed by atoms with E-state index in [0.717, 1.165) is 28.8 Å². The van der Waals surface area contributed by atoms with Crippen LogP contribution in [0.3, 0.4) is 0 Å². The Bertz CT molecular complexity index is 507. The number of hydrogen-bond acceptors (Lipinski definition) is 2.